The van der Waals surface area contributed by atoms with Crippen LogP contribution in [0.25, 0.3) is 0 Å². The van der Waals surface area contributed by atoms with E-state index < -0.39 is 0 Å². The Morgan fingerprint density at radius 3 is 2.89 bits per heavy atom. The van der Waals surface area contributed by atoms with E-state index in [0.717, 1.165) is 32.4 Å². The number of rotatable bonds is 6. The highest BCUT2D eigenvalue weighted by molar-refractivity contribution is 5.82. The van der Waals surface area contributed by atoms with Gasteiger partial charge in [-0.1, -0.05) is 30.3 Å². The fourth-order valence-electron chi connectivity index (χ4n) is 2.35. The van der Waals surface area contributed by atoms with Crippen molar-refractivity contribution < 1.29 is 9.53 Å². The maximum Gasteiger partial charge on any atom is 0.237 e. The summed E-state index contributed by atoms with van der Waals surface area (Å²) in [5, 5.41) is 6.16. The van der Waals surface area contributed by atoms with E-state index in [-0.39, 0.29) is 18.1 Å². The minimum atomic E-state index is -0.0957. The quantitative estimate of drug-likeness (QED) is 0.755. The minimum Gasteiger partial charge on any atom is -0.380 e. The summed E-state index contributed by atoms with van der Waals surface area (Å²) in [6, 6.07) is 10.2. The molecule has 0 radical (unpaired) electrons. The lowest BCUT2D eigenvalue weighted by atomic mass is 10.1. The average molecular weight is 262 g/mol. The molecular formula is C15H22N2O2. The predicted octanol–water partition coefficient (Wildman–Crippen LogP) is 1.11. The normalized spacial score (nSPS) is 22.4. The van der Waals surface area contributed by atoms with Crippen LogP contribution in [0.5, 0.6) is 0 Å². The summed E-state index contributed by atoms with van der Waals surface area (Å²) in [6.45, 7) is 1.49. The van der Waals surface area contributed by atoms with Crippen LogP contribution in [0.3, 0.4) is 0 Å². The Kier molecular flexibility index (Phi) is 5.36. The van der Waals surface area contributed by atoms with Gasteiger partial charge in [0.05, 0.1) is 12.1 Å². The Morgan fingerprint density at radius 1 is 1.42 bits per heavy atom. The Labute approximate surface area is 114 Å². The molecule has 1 amide bonds. The number of hydrogen-bond acceptors (Lipinski definition) is 3. The van der Waals surface area contributed by atoms with Crippen molar-refractivity contribution in [1.29, 1.82) is 0 Å². The molecule has 0 bridgehead atoms. The average Bonchev–Trinajstić information content (AvgIpc) is 2.93. The van der Waals surface area contributed by atoms with Gasteiger partial charge in [-0.05, 0) is 24.8 Å². The first-order valence-electron chi connectivity index (χ1n) is 6.87. The van der Waals surface area contributed by atoms with Crippen LogP contribution >= 0.6 is 0 Å². The molecule has 2 rings (SSSR count). The van der Waals surface area contributed by atoms with Crippen molar-refractivity contribution in [3.8, 4) is 0 Å². The highest BCUT2D eigenvalue weighted by atomic mass is 16.5. The lowest BCUT2D eigenvalue weighted by Crippen LogP contribution is -2.40. The number of methoxy groups -OCH3 is 1. The second-order valence-electron chi connectivity index (χ2n) is 4.93. The van der Waals surface area contributed by atoms with Gasteiger partial charge in [0.1, 0.15) is 0 Å². The molecule has 1 saturated heterocycles. The van der Waals surface area contributed by atoms with Gasteiger partial charge in [-0.3, -0.25) is 4.79 Å². The zero-order valence-corrected chi connectivity index (χ0v) is 11.4. The van der Waals surface area contributed by atoms with Crippen LogP contribution in [0.1, 0.15) is 18.4 Å². The SMILES string of the molecule is COC1CNC(C(=O)NCCCc2ccccc2)C1. The third-order valence-electron chi connectivity index (χ3n) is 3.52. The molecule has 0 saturated carbocycles. The molecule has 19 heavy (non-hydrogen) atoms. The second-order valence-corrected chi connectivity index (χ2v) is 4.93. The van der Waals surface area contributed by atoms with Gasteiger partial charge < -0.3 is 15.4 Å². The van der Waals surface area contributed by atoms with E-state index in [4.69, 9.17) is 4.74 Å². The summed E-state index contributed by atoms with van der Waals surface area (Å²) >= 11 is 0. The molecule has 2 atom stereocenters. The van der Waals surface area contributed by atoms with Gasteiger partial charge in [-0.25, -0.2) is 0 Å². The van der Waals surface area contributed by atoms with E-state index in [1.165, 1.54) is 5.56 Å². The van der Waals surface area contributed by atoms with Crippen molar-refractivity contribution in [3.63, 3.8) is 0 Å². The van der Waals surface area contributed by atoms with Crippen LogP contribution in [-0.4, -0.2) is 38.3 Å². The van der Waals surface area contributed by atoms with Gasteiger partial charge in [0.15, 0.2) is 0 Å². The Balaban J connectivity index is 1.62. The fraction of sp³-hybridized carbons (Fsp3) is 0.533. The Hall–Kier alpha value is -1.39. The smallest absolute Gasteiger partial charge is 0.237 e. The maximum absolute atomic E-state index is 11.9. The third kappa shape index (κ3) is 4.33. The molecule has 1 aliphatic rings. The highest BCUT2D eigenvalue weighted by Crippen LogP contribution is 2.09. The maximum atomic E-state index is 11.9. The van der Waals surface area contributed by atoms with Crippen molar-refractivity contribution in [2.75, 3.05) is 20.2 Å². The first-order chi connectivity index (χ1) is 9.29. The number of amides is 1. The number of carbonyl (C=O) groups is 1. The van der Waals surface area contributed by atoms with E-state index in [0.29, 0.717) is 0 Å². The van der Waals surface area contributed by atoms with Crippen LogP contribution in [0.15, 0.2) is 30.3 Å². The second kappa shape index (κ2) is 7.26. The van der Waals surface area contributed by atoms with Crippen molar-refractivity contribution in [3.05, 3.63) is 35.9 Å². The number of aryl methyl sites for hydroxylation is 1. The van der Waals surface area contributed by atoms with E-state index >= 15 is 0 Å². The van der Waals surface area contributed by atoms with Gasteiger partial charge in [-0.2, -0.15) is 0 Å². The molecule has 104 valence electrons. The number of ether oxygens (including phenoxy) is 1. The lowest BCUT2D eigenvalue weighted by molar-refractivity contribution is -0.122. The van der Waals surface area contributed by atoms with Gasteiger partial charge in [0, 0.05) is 20.2 Å². The minimum absolute atomic E-state index is 0.0904. The standard InChI is InChI=1S/C15H22N2O2/c1-19-13-10-14(17-11-13)15(18)16-9-5-8-12-6-3-2-4-7-12/h2-4,6-7,13-14,17H,5,8-11H2,1H3,(H,16,18). The van der Waals surface area contributed by atoms with Gasteiger partial charge in [0.2, 0.25) is 5.91 Å². The predicted molar refractivity (Wildman–Crippen MR) is 75.0 cm³/mol. The summed E-state index contributed by atoms with van der Waals surface area (Å²) in [5.74, 6) is 0.0904. The lowest BCUT2D eigenvalue weighted by Gasteiger charge is -2.11. The largest absolute Gasteiger partial charge is 0.380 e. The monoisotopic (exact) mass is 262 g/mol. The zero-order valence-electron chi connectivity index (χ0n) is 11.4. The first kappa shape index (κ1) is 14.0. The molecule has 0 spiro atoms. The molecule has 1 aromatic carbocycles. The fourth-order valence-corrected chi connectivity index (χ4v) is 2.35. The van der Waals surface area contributed by atoms with Crippen molar-refractivity contribution in [1.82, 2.24) is 10.6 Å². The molecular weight excluding hydrogens is 240 g/mol. The number of hydrogen-bond donors (Lipinski definition) is 2. The summed E-state index contributed by atoms with van der Waals surface area (Å²) in [7, 11) is 1.69. The van der Waals surface area contributed by atoms with Crippen LogP contribution in [0.4, 0.5) is 0 Å². The number of nitrogens with one attached hydrogen (secondary N) is 2. The highest BCUT2D eigenvalue weighted by Gasteiger charge is 2.28. The van der Waals surface area contributed by atoms with E-state index in [1.54, 1.807) is 7.11 Å². The van der Waals surface area contributed by atoms with Crippen LogP contribution < -0.4 is 10.6 Å². The summed E-state index contributed by atoms with van der Waals surface area (Å²) in [5.41, 5.74) is 1.31. The van der Waals surface area contributed by atoms with E-state index in [1.807, 2.05) is 18.2 Å². The van der Waals surface area contributed by atoms with Crippen LogP contribution in [0, 0.1) is 0 Å². The van der Waals surface area contributed by atoms with Gasteiger partial charge >= 0.3 is 0 Å². The first-order valence-corrected chi connectivity index (χ1v) is 6.87. The van der Waals surface area contributed by atoms with Gasteiger partial charge in [0.25, 0.3) is 0 Å². The van der Waals surface area contributed by atoms with Crippen LogP contribution in [-0.2, 0) is 16.0 Å². The Morgan fingerprint density at radius 2 is 2.21 bits per heavy atom. The summed E-state index contributed by atoms with van der Waals surface area (Å²) in [6.07, 6.45) is 2.90. The van der Waals surface area contributed by atoms with E-state index in [2.05, 4.69) is 22.8 Å². The molecule has 4 heteroatoms. The summed E-state index contributed by atoms with van der Waals surface area (Å²) < 4.78 is 5.23. The number of carbonyl (C=O) groups excluding carboxylic acids is 1. The molecule has 1 fully saturated rings. The Bertz CT molecular complexity index is 394. The topological polar surface area (TPSA) is 50.4 Å². The van der Waals surface area contributed by atoms with Crippen molar-refractivity contribution in [2.45, 2.75) is 31.4 Å². The molecule has 4 nitrogen and oxygen atoms in total. The third-order valence-corrected chi connectivity index (χ3v) is 3.52. The van der Waals surface area contributed by atoms with Crippen molar-refractivity contribution >= 4 is 5.91 Å². The molecule has 2 unspecified atom stereocenters. The number of benzene rings is 1. The van der Waals surface area contributed by atoms with Crippen LogP contribution in [0.2, 0.25) is 0 Å². The molecule has 0 aromatic heterocycles. The summed E-state index contributed by atoms with van der Waals surface area (Å²) in [4.78, 5) is 11.9. The van der Waals surface area contributed by atoms with E-state index in [9.17, 15) is 4.79 Å². The molecule has 0 aliphatic carbocycles. The molecule has 1 heterocycles. The zero-order chi connectivity index (χ0) is 13.5. The molecule has 1 aromatic rings. The molecule has 2 N–H and O–H groups in total. The van der Waals surface area contributed by atoms with Gasteiger partial charge in [-0.15, -0.1) is 0 Å². The van der Waals surface area contributed by atoms with Crippen molar-refractivity contribution in [2.24, 2.45) is 0 Å². The molecule has 1 aliphatic heterocycles.